The van der Waals surface area contributed by atoms with E-state index in [-0.39, 0.29) is 24.1 Å². The first kappa shape index (κ1) is 19.6. The van der Waals surface area contributed by atoms with E-state index >= 15 is 0 Å². The van der Waals surface area contributed by atoms with Crippen molar-refractivity contribution in [1.82, 2.24) is 10.6 Å². The summed E-state index contributed by atoms with van der Waals surface area (Å²) < 4.78 is 29.2. The summed E-state index contributed by atoms with van der Waals surface area (Å²) in [5.41, 5.74) is 1.54. The summed E-state index contributed by atoms with van der Waals surface area (Å²) >= 11 is 0. The molecule has 1 fully saturated rings. The van der Waals surface area contributed by atoms with E-state index in [0.29, 0.717) is 29.2 Å². The molecule has 1 saturated heterocycles. The molecule has 23 heavy (non-hydrogen) atoms. The lowest BCUT2D eigenvalue weighted by Gasteiger charge is -2.23. The Morgan fingerprint density at radius 3 is 2.57 bits per heavy atom. The molecule has 1 aliphatic heterocycles. The van der Waals surface area contributed by atoms with E-state index in [0.717, 1.165) is 25.9 Å². The number of halogens is 3. The minimum atomic E-state index is -2.86. The van der Waals surface area contributed by atoms with Gasteiger partial charge in [-0.15, -0.1) is 12.4 Å². The van der Waals surface area contributed by atoms with Crippen LogP contribution in [0.25, 0.3) is 0 Å². The van der Waals surface area contributed by atoms with Gasteiger partial charge in [0.15, 0.2) is 0 Å². The summed E-state index contributed by atoms with van der Waals surface area (Å²) in [6, 6.07) is 3.17. The molecule has 130 valence electrons. The molecular formula is C16H23ClF2N2O2. The second-order valence-electron chi connectivity index (χ2n) is 5.74. The average Bonchev–Trinajstić information content (AvgIpc) is 2.49. The fourth-order valence-electron chi connectivity index (χ4n) is 2.79. The average molecular weight is 349 g/mol. The zero-order valence-corrected chi connectivity index (χ0v) is 14.1. The minimum absolute atomic E-state index is 0. The van der Waals surface area contributed by atoms with Gasteiger partial charge < -0.3 is 15.4 Å². The summed E-state index contributed by atoms with van der Waals surface area (Å²) in [7, 11) is 0. The smallest absolute Gasteiger partial charge is 0.387 e. The van der Waals surface area contributed by atoms with Crippen molar-refractivity contribution in [2.75, 3.05) is 19.6 Å². The number of benzene rings is 1. The van der Waals surface area contributed by atoms with E-state index in [1.165, 1.54) is 0 Å². The fourth-order valence-corrected chi connectivity index (χ4v) is 2.79. The molecule has 1 unspecified atom stereocenters. The molecule has 0 aromatic heterocycles. The minimum Gasteiger partial charge on any atom is -0.434 e. The van der Waals surface area contributed by atoms with Crippen LogP contribution in [0.15, 0.2) is 12.1 Å². The van der Waals surface area contributed by atoms with Gasteiger partial charge in [0.2, 0.25) is 0 Å². The molecule has 1 aromatic rings. The van der Waals surface area contributed by atoms with Crippen molar-refractivity contribution in [3.05, 3.63) is 28.8 Å². The first-order valence-electron chi connectivity index (χ1n) is 7.52. The maximum atomic E-state index is 12.4. The van der Waals surface area contributed by atoms with Crippen LogP contribution in [-0.4, -0.2) is 32.2 Å². The maximum absolute atomic E-state index is 12.4. The van der Waals surface area contributed by atoms with E-state index in [2.05, 4.69) is 15.4 Å². The Hall–Kier alpha value is -1.40. The Labute approximate surface area is 141 Å². The highest BCUT2D eigenvalue weighted by molar-refractivity contribution is 5.94. The van der Waals surface area contributed by atoms with E-state index < -0.39 is 6.61 Å². The van der Waals surface area contributed by atoms with Gasteiger partial charge in [0.1, 0.15) is 5.75 Å². The van der Waals surface area contributed by atoms with Crippen LogP contribution in [0.2, 0.25) is 0 Å². The second-order valence-corrected chi connectivity index (χ2v) is 5.74. The first-order valence-corrected chi connectivity index (χ1v) is 7.52. The summed E-state index contributed by atoms with van der Waals surface area (Å²) in [5, 5.41) is 6.22. The number of hydrogen-bond donors (Lipinski definition) is 2. The van der Waals surface area contributed by atoms with Crippen LogP contribution in [-0.2, 0) is 0 Å². The number of nitrogens with one attached hydrogen (secondary N) is 2. The first-order chi connectivity index (χ1) is 10.5. The normalized spacial score (nSPS) is 17.5. The predicted octanol–water partition coefficient (Wildman–Crippen LogP) is 3.06. The van der Waals surface area contributed by atoms with Crippen molar-refractivity contribution in [1.29, 1.82) is 0 Å². The summed E-state index contributed by atoms with van der Waals surface area (Å²) in [5.74, 6) is 0.407. The standard InChI is InChI=1S/C16H22F2N2O2.ClH/c1-10-6-13(7-11(2)14(10)22-16(17)18)15(21)20-9-12-4-3-5-19-8-12;/h6-7,12,16,19H,3-5,8-9H2,1-2H3,(H,20,21);1H. The SMILES string of the molecule is Cc1cc(C(=O)NCC2CCCNC2)cc(C)c1OC(F)F.Cl. The van der Waals surface area contributed by atoms with Crippen molar-refractivity contribution >= 4 is 18.3 Å². The van der Waals surface area contributed by atoms with E-state index in [1.54, 1.807) is 26.0 Å². The number of hydrogen-bond acceptors (Lipinski definition) is 3. The van der Waals surface area contributed by atoms with Crippen LogP contribution in [0.3, 0.4) is 0 Å². The number of ether oxygens (including phenoxy) is 1. The molecule has 0 aliphatic carbocycles. The molecular weight excluding hydrogens is 326 g/mol. The predicted molar refractivity (Wildman–Crippen MR) is 87.7 cm³/mol. The Balaban J connectivity index is 0.00000264. The monoisotopic (exact) mass is 348 g/mol. The largest absolute Gasteiger partial charge is 0.434 e. The highest BCUT2D eigenvalue weighted by Gasteiger charge is 2.17. The van der Waals surface area contributed by atoms with Crippen LogP contribution >= 0.6 is 12.4 Å². The Kier molecular flexibility index (Phi) is 7.72. The zero-order valence-electron chi connectivity index (χ0n) is 13.3. The lowest BCUT2D eigenvalue weighted by molar-refractivity contribution is -0.0507. The van der Waals surface area contributed by atoms with E-state index in [4.69, 9.17) is 0 Å². The van der Waals surface area contributed by atoms with Crippen molar-refractivity contribution in [3.63, 3.8) is 0 Å². The fraction of sp³-hybridized carbons (Fsp3) is 0.562. The number of aryl methyl sites for hydroxylation is 2. The van der Waals surface area contributed by atoms with Crippen molar-refractivity contribution in [3.8, 4) is 5.75 Å². The van der Waals surface area contributed by atoms with Crippen molar-refractivity contribution in [2.24, 2.45) is 5.92 Å². The number of amides is 1. The number of rotatable bonds is 5. The van der Waals surface area contributed by atoms with Gasteiger partial charge in [-0.25, -0.2) is 0 Å². The molecule has 4 nitrogen and oxygen atoms in total. The number of carbonyl (C=O) groups excluding carboxylic acids is 1. The summed E-state index contributed by atoms with van der Waals surface area (Å²) in [4.78, 5) is 12.2. The van der Waals surface area contributed by atoms with Crippen molar-refractivity contribution < 1.29 is 18.3 Å². The second kappa shape index (κ2) is 9.03. The Morgan fingerprint density at radius 2 is 2.04 bits per heavy atom. The van der Waals surface area contributed by atoms with Gasteiger partial charge in [-0.3, -0.25) is 4.79 Å². The van der Waals surface area contributed by atoms with Gasteiger partial charge in [0.05, 0.1) is 0 Å². The molecule has 0 bridgehead atoms. The Morgan fingerprint density at radius 1 is 1.39 bits per heavy atom. The molecule has 1 aromatic carbocycles. The molecule has 0 radical (unpaired) electrons. The zero-order chi connectivity index (χ0) is 16.1. The molecule has 2 N–H and O–H groups in total. The van der Waals surface area contributed by atoms with Gasteiger partial charge in [-0.1, -0.05) is 0 Å². The van der Waals surface area contributed by atoms with Crippen molar-refractivity contribution in [2.45, 2.75) is 33.3 Å². The van der Waals surface area contributed by atoms with Crippen LogP contribution in [0.5, 0.6) is 5.75 Å². The molecule has 1 amide bonds. The van der Waals surface area contributed by atoms with Gasteiger partial charge in [-0.05, 0) is 69.0 Å². The summed E-state index contributed by atoms with van der Waals surface area (Å²) in [6.45, 7) is 3.03. The maximum Gasteiger partial charge on any atom is 0.387 e. The van der Waals surface area contributed by atoms with Gasteiger partial charge in [0, 0.05) is 12.1 Å². The molecule has 0 spiro atoms. The molecule has 1 heterocycles. The number of carbonyl (C=O) groups is 1. The Bertz CT molecular complexity index is 512. The van der Waals surface area contributed by atoms with Gasteiger partial charge in [-0.2, -0.15) is 8.78 Å². The third-order valence-electron chi connectivity index (χ3n) is 3.88. The molecule has 0 saturated carbocycles. The van der Waals surface area contributed by atoms with E-state index in [1.807, 2.05) is 0 Å². The lowest BCUT2D eigenvalue weighted by atomic mass is 9.99. The topological polar surface area (TPSA) is 50.4 Å². The third kappa shape index (κ3) is 5.62. The molecule has 2 rings (SSSR count). The molecule has 1 atom stereocenters. The lowest BCUT2D eigenvalue weighted by Crippen LogP contribution is -2.38. The van der Waals surface area contributed by atoms with Crippen LogP contribution in [0, 0.1) is 19.8 Å². The third-order valence-corrected chi connectivity index (χ3v) is 3.88. The molecule has 7 heteroatoms. The highest BCUT2D eigenvalue weighted by Crippen LogP contribution is 2.26. The van der Waals surface area contributed by atoms with Gasteiger partial charge in [0.25, 0.3) is 5.91 Å². The van der Waals surface area contributed by atoms with E-state index in [9.17, 15) is 13.6 Å². The van der Waals surface area contributed by atoms with Crippen LogP contribution in [0.4, 0.5) is 8.78 Å². The van der Waals surface area contributed by atoms with Crippen LogP contribution in [0.1, 0.15) is 34.3 Å². The van der Waals surface area contributed by atoms with Gasteiger partial charge >= 0.3 is 6.61 Å². The highest BCUT2D eigenvalue weighted by atomic mass is 35.5. The quantitative estimate of drug-likeness (QED) is 0.860. The number of alkyl halides is 2. The van der Waals surface area contributed by atoms with Crippen LogP contribution < -0.4 is 15.4 Å². The summed E-state index contributed by atoms with van der Waals surface area (Å²) in [6.07, 6.45) is 2.23. The molecule has 1 aliphatic rings. The number of piperidine rings is 1.